The molecular formula is C11H9ClN2O3. The Morgan fingerprint density at radius 2 is 2.18 bits per heavy atom. The lowest BCUT2D eigenvalue weighted by Crippen LogP contribution is -2.02. The van der Waals surface area contributed by atoms with Gasteiger partial charge in [-0.25, -0.2) is 9.48 Å². The molecule has 0 aliphatic rings. The standard InChI is InChI=1S/C11H9ClN2O3/c1-6-4-7(12)2-3-8(6)14-5-9(15)10(13-14)11(16)17/h2-5,15H,1H3,(H,16,17). The minimum atomic E-state index is -1.27. The fourth-order valence-corrected chi connectivity index (χ4v) is 1.74. The van der Waals surface area contributed by atoms with Gasteiger partial charge in [-0.15, -0.1) is 0 Å². The Labute approximate surface area is 102 Å². The molecule has 0 fully saturated rings. The minimum absolute atomic E-state index is 0.369. The number of halogens is 1. The summed E-state index contributed by atoms with van der Waals surface area (Å²) in [7, 11) is 0. The maximum Gasteiger partial charge on any atom is 0.360 e. The number of nitrogens with zero attached hydrogens (tertiary/aromatic N) is 2. The van der Waals surface area contributed by atoms with Crippen LogP contribution in [0.3, 0.4) is 0 Å². The first-order chi connectivity index (χ1) is 7.99. The highest BCUT2D eigenvalue weighted by molar-refractivity contribution is 6.30. The largest absolute Gasteiger partial charge is 0.504 e. The SMILES string of the molecule is Cc1cc(Cl)ccc1-n1cc(O)c(C(=O)O)n1. The fourth-order valence-electron chi connectivity index (χ4n) is 1.52. The monoisotopic (exact) mass is 252 g/mol. The molecule has 0 saturated heterocycles. The smallest absolute Gasteiger partial charge is 0.360 e. The number of aromatic nitrogens is 2. The average Bonchev–Trinajstić information content (AvgIpc) is 2.60. The van der Waals surface area contributed by atoms with Crippen molar-refractivity contribution in [2.75, 3.05) is 0 Å². The number of carboxylic acid groups (broad SMARTS) is 1. The summed E-state index contributed by atoms with van der Waals surface area (Å²) in [6, 6.07) is 5.11. The summed E-state index contributed by atoms with van der Waals surface area (Å²) in [4.78, 5) is 10.7. The molecule has 0 aliphatic heterocycles. The Kier molecular flexibility index (Phi) is 2.77. The van der Waals surface area contributed by atoms with E-state index in [4.69, 9.17) is 16.7 Å². The molecule has 17 heavy (non-hydrogen) atoms. The Bertz CT molecular complexity index is 592. The number of carboxylic acids is 1. The van der Waals surface area contributed by atoms with Crippen molar-refractivity contribution in [3.05, 3.63) is 40.7 Å². The minimum Gasteiger partial charge on any atom is -0.504 e. The van der Waals surface area contributed by atoms with E-state index in [1.807, 2.05) is 6.92 Å². The summed E-state index contributed by atoms with van der Waals surface area (Å²) >= 11 is 5.82. The quantitative estimate of drug-likeness (QED) is 0.859. The van der Waals surface area contributed by atoms with Gasteiger partial charge in [-0.2, -0.15) is 5.10 Å². The van der Waals surface area contributed by atoms with Crippen LogP contribution in [0, 0.1) is 6.92 Å². The van der Waals surface area contributed by atoms with E-state index in [9.17, 15) is 9.90 Å². The van der Waals surface area contributed by atoms with Gasteiger partial charge in [0.15, 0.2) is 5.75 Å². The summed E-state index contributed by atoms with van der Waals surface area (Å²) in [6.07, 6.45) is 1.25. The maximum atomic E-state index is 10.7. The lowest BCUT2D eigenvalue weighted by Gasteiger charge is -2.05. The van der Waals surface area contributed by atoms with Crippen LogP contribution in [0.5, 0.6) is 5.75 Å². The van der Waals surface area contributed by atoms with E-state index >= 15 is 0 Å². The second kappa shape index (κ2) is 4.10. The van der Waals surface area contributed by atoms with Gasteiger partial charge in [0.2, 0.25) is 5.69 Å². The van der Waals surface area contributed by atoms with E-state index in [1.54, 1.807) is 18.2 Å². The summed E-state index contributed by atoms with van der Waals surface area (Å²) < 4.78 is 1.31. The first kappa shape index (κ1) is 11.5. The van der Waals surface area contributed by atoms with E-state index in [2.05, 4.69) is 5.10 Å². The van der Waals surface area contributed by atoms with Crippen molar-refractivity contribution in [3.63, 3.8) is 0 Å². The first-order valence-corrected chi connectivity index (χ1v) is 5.15. The summed E-state index contributed by atoms with van der Waals surface area (Å²) in [5.74, 6) is -1.64. The van der Waals surface area contributed by atoms with Crippen LogP contribution in [0.4, 0.5) is 0 Å². The molecule has 1 aromatic heterocycles. The molecule has 2 N–H and O–H groups in total. The summed E-state index contributed by atoms with van der Waals surface area (Å²) in [6.45, 7) is 1.82. The molecule has 2 rings (SSSR count). The molecule has 5 nitrogen and oxygen atoms in total. The van der Waals surface area contributed by atoms with Crippen LogP contribution in [0.15, 0.2) is 24.4 Å². The van der Waals surface area contributed by atoms with Crippen LogP contribution >= 0.6 is 11.6 Å². The highest BCUT2D eigenvalue weighted by Gasteiger charge is 2.16. The van der Waals surface area contributed by atoms with Crippen molar-refractivity contribution in [1.29, 1.82) is 0 Å². The number of rotatable bonds is 2. The molecule has 0 saturated carbocycles. The number of hydrogen-bond acceptors (Lipinski definition) is 3. The van der Waals surface area contributed by atoms with E-state index in [-0.39, 0.29) is 11.4 Å². The molecule has 0 radical (unpaired) electrons. The summed E-state index contributed by atoms with van der Waals surface area (Å²) in [5, 5.41) is 22.6. The fraction of sp³-hybridized carbons (Fsp3) is 0.0909. The van der Waals surface area contributed by atoms with Crippen LogP contribution in [-0.2, 0) is 0 Å². The third kappa shape index (κ3) is 2.09. The zero-order valence-electron chi connectivity index (χ0n) is 8.88. The molecule has 0 spiro atoms. The van der Waals surface area contributed by atoms with E-state index in [0.717, 1.165) is 5.56 Å². The number of aryl methyl sites for hydroxylation is 1. The Morgan fingerprint density at radius 1 is 1.47 bits per heavy atom. The first-order valence-electron chi connectivity index (χ1n) is 4.77. The molecule has 0 aliphatic carbocycles. The maximum absolute atomic E-state index is 10.7. The highest BCUT2D eigenvalue weighted by Crippen LogP contribution is 2.22. The Hall–Kier alpha value is -2.01. The van der Waals surface area contributed by atoms with Gasteiger partial charge in [-0.3, -0.25) is 0 Å². The van der Waals surface area contributed by atoms with Gasteiger partial charge >= 0.3 is 5.97 Å². The third-order valence-corrected chi connectivity index (χ3v) is 2.54. The van der Waals surface area contributed by atoms with Gasteiger partial charge in [0.25, 0.3) is 0 Å². The van der Waals surface area contributed by atoms with E-state index < -0.39 is 5.97 Å². The second-order valence-electron chi connectivity index (χ2n) is 3.54. The van der Waals surface area contributed by atoms with E-state index in [1.165, 1.54) is 10.9 Å². The molecule has 1 heterocycles. The van der Waals surface area contributed by atoms with Crippen LogP contribution in [-0.4, -0.2) is 26.0 Å². The molecule has 0 atom stereocenters. The third-order valence-electron chi connectivity index (χ3n) is 2.30. The molecule has 88 valence electrons. The number of hydrogen-bond donors (Lipinski definition) is 2. The van der Waals surface area contributed by atoms with Crippen molar-refractivity contribution in [3.8, 4) is 11.4 Å². The number of aromatic hydroxyl groups is 1. The van der Waals surface area contributed by atoms with Crippen LogP contribution in [0.1, 0.15) is 16.1 Å². The predicted octanol–water partition coefficient (Wildman–Crippen LogP) is 2.24. The van der Waals surface area contributed by atoms with Gasteiger partial charge < -0.3 is 10.2 Å². The average molecular weight is 253 g/mol. The Morgan fingerprint density at radius 3 is 2.71 bits per heavy atom. The lowest BCUT2D eigenvalue weighted by molar-refractivity contribution is 0.0687. The highest BCUT2D eigenvalue weighted by atomic mass is 35.5. The van der Waals surface area contributed by atoms with Crippen LogP contribution in [0.2, 0.25) is 5.02 Å². The topological polar surface area (TPSA) is 75.4 Å². The number of carbonyl (C=O) groups is 1. The van der Waals surface area contributed by atoms with Crippen molar-refractivity contribution in [2.45, 2.75) is 6.92 Å². The van der Waals surface area contributed by atoms with Gasteiger partial charge in [0.05, 0.1) is 11.9 Å². The van der Waals surface area contributed by atoms with Gasteiger partial charge in [-0.1, -0.05) is 11.6 Å². The number of benzene rings is 1. The van der Waals surface area contributed by atoms with Crippen molar-refractivity contribution >= 4 is 17.6 Å². The molecule has 0 unspecified atom stereocenters. The second-order valence-corrected chi connectivity index (χ2v) is 3.98. The predicted molar refractivity (Wildman–Crippen MR) is 61.9 cm³/mol. The van der Waals surface area contributed by atoms with Gasteiger partial charge in [0, 0.05) is 5.02 Å². The van der Waals surface area contributed by atoms with Gasteiger partial charge in [0.1, 0.15) is 0 Å². The molecular weight excluding hydrogens is 244 g/mol. The number of aromatic carboxylic acids is 1. The Balaban J connectivity index is 2.53. The van der Waals surface area contributed by atoms with Crippen molar-refractivity contribution in [1.82, 2.24) is 9.78 Å². The van der Waals surface area contributed by atoms with Crippen molar-refractivity contribution in [2.24, 2.45) is 0 Å². The molecule has 0 bridgehead atoms. The zero-order chi connectivity index (χ0) is 12.6. The molecule has 1 aromatic carbocycles. The van der Waals surface area contributed by atoms with Crippen LogP contribution in [0.25, 0.3) is 5.69 Å². The molecule has 6 heteroatoms. The van der Waals surface area contributed by atoms with Crippen molar-refractivity contribution < 1.29 is 15.0 Å². The van der Waals surface area contributed by atoms with E-state index in [0.29, 0.717) is 10.7 Å². The normalized spacial score (nSPS) is 10.5. The molecule has 2 aromatic rings. The summed E-state index contributed by atoms with van der Waals surface area (Å²) in [5.41, 5.74) is 1.12. The lowest BCUT2D eigenvalue weighted by atomic mass is 10.2. The zero-order valence-corrected chi connectivity index (χ0v) is 9.64. The molecule has 0 amide bonds. The van der Waals surface area contributed by atoms with Gasteiger partial charge in [-0.05, 0) is 30.7 Å². The van der Waals surface area contributed by atoms with Crippen LogP contribution < -0.4 is 0 Å².